The van der Waals surface area contributed by atoms with Gasteiger partial charge in [-0.05, 0) is 55.7 Å². The van der Waals surface area contributed by atoms with Gasteiger partial charge in [0.05, 0.1) is 6.04 Å². The molecule has 0 fully saturated rings. The smallest absolute Gasteiger partial charge is 0.125 e. The average molecular weight is 250 g/mol. The van der Waals surface area contributed by atoms with Crippen LogP contribution in [0, 0.1) is 20.8 Å². The van der Waals surface area contributed by atoms with Gasteiger partial charge < -0.3 is 10.2 Å². The number of furan rings is 1. The Morgan fingerprint density at radius 2 is 1.82 bits per heavy atom. The molecule has 0 amide bonds. The van der Waals surface area contributed by atoms with E-state index in [0.29, 0.717) is 0 Å². The van der Waals surface area contributed by atoms with Crippen LogP contribution in [0.25, 0.3) is 0 Å². The highest BCUT2D eigenvalue weighted by Crippen LogP contribution is 2.28. The van der Waals surface area contributed by atoms with E-state index in [1.807, 2.05) is 45.0 Å². The normalized spacial score (nSPS) is 12.8. The average Bonchev–Trinajstić information content (AvgIpc) is 2.69. The van der Waals surface area contributed by atoms with Gasteiger partial charge in [-0.1, -0.05) is 17.7 Å². The maximum absolute atomic E-state index is 6.21. The second kappa shape index (κ2) is 4.55. The molecule has 2 nitrogen and oxygen atoms in total. The molecule has 3 heteroatoms. The predicted octanol–water partition coefficient (Wildman–Crippen LogP) is 3.91. The lowest BCUT2D eigenvalue weighted by Gasteiger charge is -2.14. The Labute approximate surface area is 106 Å². The van der Waals surface area contributed by atoms with Crippen LogP contribution in [0.1, 0.15) is 34.3 Å². The van der Waals surface area contributed by atoms with Crippen LogP contribution >= 0.6 is 11.6 Å². The number of nitrogens with two attached hydrogens (primary N) is 1. The van der Waals surface area contributed by atoms with Crippen molar-refractivity contribution < 1.29 is 4.42 Å². The SMILES string of the molecule is Cc1ccc(C(N)c2cc(C)c(Cl)cc2C)o1. The molecule has 0 aliphatic carbocycles. The van der Waals surface area contributed by atoms with Gasteiger partial charge in [-0.3, -0.25) is 0 Å². The molecule has 17 heavy (non-hydrogen) atoms. The van der Waals surface area contributed by atoms with E-state index in [1.54, 1.807) is 0 Å². The van der Waals surface area contributed by atoms with Crippen molar-refractivity contribution in [2.75, 3.05) is 0 Å². The van der Waals surface area contributed by atoms with Crippen LogP contribution in [-0.4, -0.2) is 0 Å². The van der Waals surface area contributed by atoms with Crippen molar-refractivity contribution >= 4 is 11.6 Å². The summed E-state index contributed by atoms with van der Waals surface area (Å²) in [5.74, 6) is 1.66. The third kappa shape index (κ3) is 2.38. The van der Waals surface area contributed by atoms with Crippen molar-refractivity contribution in [1.29, 1.82) is 0 Å². The Bertz CT molecular complexity index is 545. The largest absolute Gasteiger partial charge is 0.464 e. The van der Waals surface area contributed by atoms with Crippen molar-refractivity contribution in [2.45, 2.75) is 26.8 Å². The van der Waals surface area contributed by atoms with Gasteiger partial charge in [-0.25, -0.2) is 0 Å². The molecule has 2 N–H and O–H groups in total. The third-order valence-corrected chi connectivity index (χ3v) is 3.36. The minimum Gasteiger partial charge on any atom is -0.464 e. The zero-order valence-electron chi connectivity index (χ0n) is 10.3. The van der Waals surface area contributed by atoms with Gasteiger partial charge in [0, 0.05) is 5.02 Å². The minimum atomic E-state index is -0.236. The molecule has 1 aromatic heterocycles. The van der Waals surface area contributed by atoms with Crippen molar-refractivity contribution in [3.05, 3.63) is 57.5 Å². The van der Waals surface area contributed by atoms with Crippen LogP contribution in [-0.2, 0) is 0 Å². The fourth-order valence-electron chi connectivity index (χ4n) is 1.91. The zero-order chi connectivity index (χ0) is 12.6. The van der Waals surface area contributed by atoms with E-state index in [4.69, 9.17) is 21.8 Å². The van der Waals surface area contributed by atoms with Crippen LogP contribution in [0.5, 0.6) is 0 Å². The van der Waals surface area contributed by atoms with Crippen molar-refractivity contribution in [3.63, 3.8) is 0 Å². The highest BCUT2D eigenvalue weighted by Gasteiger charge is 2.15. The van der Waals surface area contributed by atoms with Crippen LogP contribution in [0.2, 0.25) is 5.02 Å². The minimum absolute atomic E-state index is 0.236. The molecule has 0 saturated heterocycles. The van der Waals surface area contributed by atoms with Crippen LogP contribution < -0.4 is 5.73 Å². The molecule has 0 bridgehead atoms. The molecule has 0 spiro atoms. The third-order valence-electron chi connectivity index (χ3n) is 2.95. The van der Waals surface area contributed by atoms with Gasteiger partial charge in [-0.2, -0.15) is 0 Å². The maximum atomic E-state index is 6.21. The molecular weight excluding hydrogens is 234 g/mol. The molecule has 2 rings (SSSR count). The summed E-state index contributed by atoms with van der Waals surface area (Å²) in [4.78, 5) is 0. The lowest BCUT2D eigenvalue weighted by Crippen LogP contribution is -2.12. The Morgan fingerprint density at radius 3 is 2.41 bits per heavy atom. The first-order chi connectivity index (χ1) is 7.99. The quantitative estimate of drug-likeness (QED) is 0.877. The Balaban J connectivity index is 2.43. The summed E-state index contributed by atoms with van der Waals surface area (Å²) in [7, 11) is 0. The number of benzene rings is 1. The summed E-state index contributed by atoms with van der Waals surface area (Å²) in [5.41, 5.74) is 9.39. The molecule has 0 aliphatic heterocycles. The number of hydrogen-bond acceptors (Lipinski definition) is 2. The van der Waals surface area contributed by atoms with Gasteiger partial charge in [0.1, 0.15) is 11.5 Å². The van der Waals surface area contributed by atoms with Crippen LogP contribution in [0.3, 0.4) is 0 Å². The molecular formula is C14H16ClNO. The van der Waals surface area contributed by atoms with E-state index in [0.717, 1.165) is 33.2 Å². The first kappa shape index (κ1) is 12.2. The van der Waals surface area contributed by atoms with E-state index in [-0.39, 0.29) is 6.04 Å². The number of halogens is 1. The van der Waals surface area contributed by atoms with Gasteiger partial charge in [0.2, 0.25) is 0 Å². The highest BCUT2D eigenvalue weighted by molar-refractivity contribution is 6.31. The Morgan fingerprint density at radius 1 is 1.12 bits per heavy atom. The van der Waals surface area contributed by atoms with Crippen LogP contribution in [0.15, 0.2) is 28.7 Å². The first-order valence-corrected chi connectivity index (χ1v) is 5.95. The van der Waals surface area contributed by atoms with Gasteiger partial charge in [0.25, 0.3) is 0 Å². The summed E-state index contributed by atoms with van der Waals surface area (Å²) >= 11 is 6.08. The lowest BCUT2D eigenvalue weighted by atomic mass is 9.98. The zero-order valence-corrected chi connectivity index (χ0v) is 11.0. The van der Waals surface area contributed by atoms with Gasteiger partial charge in [0.15, 0.2) is 0 Å². The monoisotopic (exact) mass is 249 g/mol. The van der Waals surface area contributed by atoms with E-state index >= 15 is 0 Å². The summed E-state index contributed by atoms with van der Waals surface area (Å²) in [5, 5.41) is 0.772. The second-order valence-corrected chi connectivity index (χ2v) is 4.79. The summed E-state index contributed by atoms with van der Waals surface area (Å²) < 4.78 is 5.57. The predicted molar refractivity (Wildman–Crippen MR) is 70.4 cm³/mol. The van der Waals surface area contributed by atoms with Gasteiger partial charge >= 0.3 is 0 Å². The molecule has 0 saturated carbocycles. The second-order valence-electron chi connectivity index (χ2n) is 4.38. The van der Waals surface area contributed by atoms with E-state index in [2.05, 4.69) is 0 Å². The molecule has 0 radical (unpaired) electrons. The maximum Gasteiger partial charge on any atom is 0.125 e. The first-order valence-electron chi connectivity index (χ1n) is 5.57. The lowest BCUT2D eigenvalue weighted by molar-refractivity contribution is 0.465. The number of aryl methyl sites for hydroxylation is 3. The Kier molecular flexibility index (Phi) is 3.27. The van der Waals surface area contributed by atoms with Crippen LogP contribution in [0.4, 0.5) is 0 Å². The summed E-state index contributed by atoms with van der Waals surface area (Å²) in [6.45, 7) is 5.90. The van der Waals surface area contributed by atoms with E-state index < -0.39 is 0 Å². The van der Waals surface area contributed by atoms with Crippen molar-refractivity contribution in [1.82, 2.24) is 0 Å². The number of rotatable bonds is 2. The fourth-order valence-corrected chi connectivity index (χ4v) is 2.13. The molecule has 2 aromatic rings. The van der Waals surface area contributed by atoms with Gasteiger partial charge in [-0.15, -0.1) is 0 Å². The van der Waals surface area contributed by atoms with Crippen molar-refractivity contribution in [2.24, 2.45) is 5.73 Å². The fraction of sp³-hybridized carbons (Fsp3) is 0.286. The van der Waals surface area contributed by atoms with E-state index in [1.165, 1.54) is 0 Å². The molecule has 1 atom stereocenters. The molecule has 1 unspecified atom stereocenters. The Hall–Kier alpha value is -1.25. The molecule has 0 aliphatic rings. The number of hydrogen-bond donors (Lipinski definition) is 1. The van der Waals surface area contributed by atoms with E-state index in [9.17, 15) is 0 Å². The summed E-state index contributed by atoms with van der Waals surface area (Å²) in [6, 6.07) is 7.58. The molecule has 1 aromatic carbocycles. The molecule has 90 valence electrons. The standard InChI is InChI=1S/C14H16ClNO/c1-8-7-12(15)9(2)6-11(8)14(16)13-5-4-10(3)17-13/h4-7,14H,16H2,1-3H3. The molecule has 1 heterocycles. The summed E-state index contributed by atoms with van der Waals surface area (Å²) in [6.07, 6.45) is 0. The van der Waals surface area contributed by atoms with Crippen molar-refractivity contribution in [3.8, 4) is 0 Å². The topological polar surface area (TPSA) is 39.2 Å². The highest BCUT2D eigenvalue weighted by atomic mass is 35.5.